The van der Waals surface area contributed by atoms with Gasteiger partial charge in [-0.25, -0.2) is 0 Å². The lowest BCUT2D eigenvalue weighted by Gasteiger charge is -2.23. The van der Waals surface area contributed by atoms with Crippen LogP contribution in [-0.2, 0) is 9.59 Å². The van der Waals surface area contributed by atoms with Crippen molar-refractivity contribution in [2.75, 3.05) is 18.7 Å². The number of amides is 2. The molecule has 1 fully saturated rings. The topological polar surface area (TPSA) is 67.9 Å². The van der Waals surface area contributed by atoms with E-state index in [1.807, 2.05) is 13.8 Å². The Kier molecular flexibility index (Phi) is 8.10. The van der Waals surface area contributed by atoms with Gasteiger partial charge in [0.15, 0.2) is 11.5 Å². The normalized spacial score (nSPS) is 17.8. The van der Waals surface area contributed by atoms with Gasteiger partial charge in [0.2, 0.25) is 11.8 Å². The Balaban J connectivity index is 2.06. The molecule has 1 aromatic carbocycles. The lowest BCUT2D eigenvalue weighted by molar-refractivity contribution is -0.135. The molecular formula is C19H24F2N2O4S. The predicted octanol–water partition coefficient (Wildman–Crippen LogP) is 3.13. The van der Waals surface area contributed by atoms with Gasteiger partial charge in [0.1, 0.15) is 6.04 Å². The zero-order valence-electron chi connectivity index (χ0n) is 16.0. The Bertz CT molecular complexity index is 730. The number of carbonyl (C=O) groups excluding carboxylic acids is 2. The average molecular weight is 414 g/mol. The van der Waals surface area contributed by atoms with Gasteiger partial charge >= 0.3 is 6.61 Å². The number of rotatable bonds is 8. The van der Waals surface area contributed by atoms with Crippen LogP contribution in [0.4, 0.5) is 8.78 Å². The first-order valence-electron chi connectivity index (χ1n) is 8.85. The largest absolute Gasteiger partial charge is 0.493 e. The molecule has 1 saturated heterocycles. The van der Waals surface area contributed by atoms with Crippen LogP contribution in [0.25, 0.3) is 6.08 Å². The summed E-state index contributed by atoms with van der Waals surface area (Å²) in [5, 5.41) is 2.91. The number of thioether (sulfide) groups is 1. The van der Waals surface area contributed by atoms with Crippen molar-refractivity contribution in [2.24, 2.45) is 0 Å². The van der Waals surface area contributed by atoms with Crippen molar-refractivity contribution < 1.29 is 27.8 Å². The second-order valence-corrected chi connectivity index (χ2v) is 7.26. The number of nitrogens with one attached hydrogen (secondary N) is 1. The minimum atomic E-state index is -2.96. The van der Waals surface area contributed by atoms with E-state index in [0.29, 0.717) is 17.2 Å². The number of hydrogen-bond acceptors (Lipinski definition) is 5. The molecule has 0 aromatic heterocycles. The van der Waals surface area contributed by atoms with E-state index in [9.17, 15) is 18.4 Å². The molecule has 2 amide bonds. The minimum Gasteiger partial charge on any atom is -0.493 e. The van der Waals surface area contributed by atoms with Crippen LogP contribution in [0.2, 0.25) is 0 Å². The predicted molar refractivity (Wildman–Crippen MR) is 105 cm³/mol. The van der Waals surface area contributed by atoms with Crippen molar-refractivity contribution in [3.05, 3.63) is 29.8 Å². The lowest BCUT2D eigenvalue weighted by Crippen LogP contribution is -2.48. The molecule has 2 rings (SSSR count). The zero-order chi connectivity index (χ0) is 20.7. The van der Waals surface area contributed by atoms with Gasteiger partial charge in [-0.2, -0.15) is 8.78 Å². The first kappa shape index (κ1) is 22.0. The van der Waals surface area contributed by atoms with E-state index in [1.165, 1.54) is 48.0 Å². The molecular weight excluding hydrogens is 390 g/mol. The summed E-state index contributed by atoms with van der Waals surface area (Å²) in [6.45, 7) is 0.940. The number of nitrogens with zero attached hydrogens (tertiary/aromatic N) is 1. The second kappa shape index (κ2) is 10.3. The summed E-state index contributed by atoms with van der Waals surface area (Å²) < 4.78 is 34.2. The van der Waals surface area contributed by atoms with Crippen molar-refractivity contribution in [3.8, 4) is 11.5 Å². The van der Waals surface area contributed by atoms with Crippen molar-refractivity contribution in [1.29, 1.82) is 0 Å². The molecule has 0 aliphatic carbocycles. The van der Waals surface area contributed by atoms with Crippen LogP contribution in [-0.4, -0.2) is 54.1 Å². The molecule has 2 unspecified atom stereocenters. The highest BCUT2D eigenvalue weighted by Gasteiger charge is 2.33. The minimum absolute atomic E-state index is 0.0482. The summed E-state index contributed by atoms with van der Waals surface area (Å²) in [6.07, 6.45) is 3.72. The maximum absolute atomic E-state index is 12.5. The standard InChI is InChI=1S/C19H24F2N2O4S/c1-4-12(2)22-18(25)14-10-28-11-23(14)17(24)8-6-13-5-7-15(27-19(20)21)16(9-13)26-3/h5-9,12,14,19H,4,10-11H2,1-3H3,(H,22,25). The molecule has 0 radical (unpaired) electrons. The number of hydrogen-bond donors (Lipinski definition) is 1. The summed E-state index contributed by atoms with van der Waals surface area (Å²) >= 11 is 1.52. The number of halogens is 2. The van der Waals surface area contributed by atoms with Crippen LogP contribution < -0.4 is 14.8 Å². The van der Waals surface area contributed by atoms with E-state index in [1.54, 1.807) is 6.08 Å². The second-order valence-electron chi connectivity index (χ2n) is 6.26. The molecule has 2 atom stereocenters. The van der Waals surface area contributed by atoms with Crippen molar-refractivity contribution >= 4 is 29.7 Å². The monoisotopic (exact) mass is 414 g/mol. The highest BCUT2D eigenvalue weighted by molar-refractivity contribution is 7.99. The summed E-state index contributed by atoms with van der Waals surface area (Å²) in [4.78, 5) is 26.4. The van der Waals surface area contributed by atoms with E-state index in [0.717, 1.165) is 6.42 Å². The molecule has 6 nitrogen and oxygen atoms in total. The van der Waals surface area contributed by atoms with Gasteiger partial charge in [-0.15, -0.1) is 11.8 Å². The fourth-order valence-corrected chi connectivity index (χ4v) is 3.73. The Morgan fingerprint density at radius 2 is 2.14 bits per heavy atom. The molecule has 0 bridgehead atoms. The summed E-state index contributed by atoms with van der Waals surface area (Å²) in [6, 6.07) is 3.92. The number of ether oxygens (including phenoxy) is 2. The third-order valence-electron chi connectivity index (χ3n) is 4.29. The molecule has 1 aliphatic rings. The maximum Gasteiger partial charge on any atom is 0.387 e. The SMILES string of the molecule is CCC(C)NC(=O)C1CSCN1C(=O)C=Cc1ccc(OC(F)F)c(OC)c1. The van der Waals surface area contributed by atoms with E-state index in [4.69, 9.17) is 4.74 Å². The molecule has 1 aliphatic heterocycles. The quantitative estimate of drug-likeness (QED) is 0.662. The van der Waals surface area contributed by atoms with Crippen LogP contribution in [0.5, 0.6) is 11.5 Å². The Morgan fingerprint density at radius 1 is 1.39 bits per heavy atom. The summed E-state index contributed by atoms with van der Waals surface area (Å²) in [5.74, 6) is 0.593. The third kappa shape index (κ3) is 5.85. The molecule has 1 N–H and O–H groups in total. The van der Waals surface area contributed by atoms with E-state index >= 15 is 0 Å². The molecule has 0 saturated carbocycles. The van der Waals surface area contributed by atoms with Crippen molar-refractivity contribution in [1.82, 2.24) is 10.2 Å². The molecule has 9 heteroatoms. The number of methoxy groups -OCH3 is 1. The number of carbonyl (C=O) groups is 2. The van der Waals surface area contributed by atoms with E-state index in [-0.39, 0.29) is 29.4 Å². The van der Waals surface area contributed by atoms with E-state index < -0.39 is 12.7 Å². The van der Waals surface area contributed by atoms with Gasteiger partial charge in [0, 0.05) is 17.9 Å². The summed E-state index contributed by atoms with van der Waals surface area (Å²) in [5.41, 5.74) is 0.583. The molecule has 0 spiro atoms. The van der Waals surface area contributed by atoms with Gasteiger partial charge in [-0.1, -0.05) is 13.0 Å². The third-order valence-corrected chi connectivity index (χ3v) is 5.30. The Morgan fingerprint density at radius 3 is 2.79 bits per heavy atom. The number of benzene rings is 1. The van der Waals surface area contributed by atoms with Crippen LogP contribution in [0, 0.1) is 0 Å². The number of alkyl halides is 2. The van der Waals surface area contributed by atoms with Gasteiger partial charge in [0.05, 0.1) is 13.0 Å². The Labute approximate surface area is 167 Å². The fraction of sp³-hybridized carbons (Fsp3) is 0.474. The van der Waals surface area contributed by atoms with Gasteiger partial charge < -0.3 is 19.7 Å². The van der Waals surface area contributed by atoms with Crippen LogP contribution >= 0.6 is 11.8 Å². The molecule has 154 valence electrons. The van der Waals surface area contributed by atoms with Crippen LogP contribution in [0.3, 0.4) is 0 Å². The fourth-order valence-electron chi connectivity index (χ4n) is 2.56. The first-order valence-corrected chi connectivity index (χ1v) is 10.0. The lowest BCUT2D eigenvalue weighted by atomic mass is 10.1. The zero-order valence-corrected chi connectivity index (χ0v) is 16.8. The Hall–Kier alpha value is -2.29. The van der Waals surface area contributed by atoms with Crippen LogP contribution in [0.1, 0.15) is 25.8 Å². The smallest absolute Gasteiger partial charge is 0.387 e. The highest BCUT2D eigenvalue weighted by atomic mass is 32.2. The molecule has 1 heterocycles. The van der Waals surface area contributed by atoms with Crippen LogP contribution in [0.15, 0.2) is 24.3 Å². The first-order chi connectivity index (χ1) is 13.3. The maximum atomic E-state index is 12.5. The van der Waals surface area contributed by atoms with Gasteiger partial charge in [-0.3, -0.25) is 9.59 Å². The van der Waals surface area contributed by atoms with Crippen molar-refractivity contribution in [3.63, 3.8) is 0 Å². The average Bonchev–Trinajstić information content (AvgIpc) is 3.16. The highest BCUT2D eigenvalue weighted by Crippen LogP contribution is 2.30. The van der Waals surface area contributed by atoms with Gasteiger partial charge in [-0.05, 0) is 37.1 Å². The molecule has 1 aromatic rings. The summed E-state index contributed by atoms with van der Waals surface area (Å²) in [7, 11) is 1.34. The molecule has 28 heavy (non-hydrogen) atoms. The van der Waals surface area contributed by atoms with Gasteiger partial charge in [0.25, 0.3) is 0 Å². The van der Waals surface area contributed by atoms with E-state index in [2.05, 4.69) is 10.1 Å². The van der Waals surface area contributed by atoms with Crippen molar-refractivity contribution in [2.45, 2.75) is 39.0 Å².